The zero-order valence-electron chi connectivity index (χ0n) is 13.1. The van der Waals surface area contributed by atoms with E-state index < -0.39 is 12.1 Å². The third kappa shape index (κ3) is 5.22. The maximum atomic E-state index is 12.5. The second-order valence-corrected chi connectivity index (χ2v) is 5.21. The Bertz CT molecular complexity index is 530. The molecule has 2 rings (SSSR count). The monoisotopic (exact) mass is 323 g/mol. The Labute approximate surface area is 134 Å². The quantitative estimate of drug-likeness (QED) is 0.754. The van der Waals surface area contributed by atoms with Gasteiger partial charge in [0.2, 0.25) is 0 Å². The maximum absolute atomic E-state index is 12.5. The number of carboxylic acid groups (broad SMARTS) is 1. The molecule has 7 heteroatoms. The molecule has 1 N–H and O–H groups in total. The van der Waals surface area contributed by atoms with Crippen molar-refractivity contribution in [1.82, 2.24) is 4.90 Å². The van der Waals surface area contributed by atoms with Gasteiger partial charge < -0.3 is 24.2 Å². The lowest BCUT2D eigenvalue weighted by Gasteiger charge is -2.32. The lowest BCUT2D eigenvalue weighted by molar-refractivity contribution is -0.141. The van der Waals surface area contributed by atoms with E-state index in [2.05, 4.69) is 0 Å². The summed E-state index contributed by atoms with van der Waals surface area (Å²) in [6.45, 7) is 2.05. The number of aliphatic carboxylic acids is 1. The molecule has 0 aromatic heterocycles. The smallest absolute Gasteiger partial charge is 0.306 e. The Morgan fingerprint density at radius 1 is 1.30 bits per heavy atom. The van der Waals surface area contributed by atoms with Crippen LogP contribution in [0.5, 0.6) is 5.75 Å². The number of methoxy groups -OCH3 is 1. The average molecular weight is 323 g/mol. The van der Waals surface area contributed by atoms with Crippen LogP contribution >= 0.6 is 0 Å². The number of benzene rings is 1. The third-order valence-electron chi connectivity index (χ3n) is 3.49. The van der Waals surface area contributed by atoms with Crippen LogP contribution in [0.3, 0.4) is 0 Å². The summed E-state index contributed by atoms with van der Waals surface area (Å²) in [4.78, 5) is 24.8. The standard InChI is InChI=1S/C16H21NO6/c1-21-8-9-23-13-4-2-12(3-5-13)16(20)17-6-7-22-14(11-17)10-15(18)19/h2-5,14H,6-11H2,1H3,(H,18,19). The summed E-state index contributed by atoms with van der Waals surface area (Å²) in [6, 6.07) is 6.87. The SMILES string of the molecule is COCCOc1ccc(C(=O)N2CCOC(CC(=O)O)C2)cc1. The minimum atomic E-state index is -0.929. The van der Waals surface area contributed by atoms with E-state index in [9.17, 15) is 9.59 Å². The molecule has 126 valence electrons. The van der Waals surface area contributed by atoms with Crippen LogP contribution in [0.25, 0.3) is 0 Å². The van der Waals surface area contributed by atoms with Crippen molar-refractivity contribution in [3.63, 3.8) is 0 Å². The molecule has 1 aliphatic rings. The van der Waals surface area contributed by atoms with Crippen LogP contribution in [0.4, 0.5) is 0 Å². The number of hydrogen-bond acceptors (Lipinski definition) is 5. The third-order valence-corrected chi connectivity index (χ3v) is 3.49. The highest BCUT2D eigenvalue weighted by molar-refractivity contribution is 5.94. The van der Waals surface area contributed by atoms with E-state index in [4.69, 9.17) is 19.3 Å². The topological polar surface area (TPSA) is 85.3 Å². The number of rotatable bonds is 7. The van der Waals surface area contributed by atoms with Crippen LogP contribution in [0.15, 0.2) is 24.3 Å². The first-order valence-electron chi connectivity index (χ1n) is 7.44. The molecule has 1 aromatic rings. The van der Waals surface area contributed by atoms with Crippen molar-refractivity contribution in [1.29, 1.82) is 0 Å². The number of carbonyl (C=O) groups excluding carboxylic acids is 1. The molecule has 1 amide bonds. The molecule has 0 saturated carbocycles. The van der Waals surface area contributed by atoms with Crippen LogP contribution < -0.4 is 4.74 Å². The lowest BCUT2D eigenvalue weighted by atomic mass is 10.1. The van der Waals surface area contributed by atoms with Gasteiger partial charge in [0.25, 0.3) is 5.91 Å². The van der Waals surface area contributed by atoms with Crippen molar-refractivity contribution >= 4 is 11.9 Å². The number of morpholine rings is 1. The highest BCUT2D eigenvalue weighted by atomic mass is 16.5. The van der Waals surface area contributed by atoms with Crippen LogP contribution in [0.2, 0.25) is 0 Å². The van der Waals surface area contributed by atoms with Gasteiger partial charge in [-0.05, 0) is 24.3 Å². The van der Waals surface area contributed by atoms with Crippen LogP contribution in [0.1, 0.15) is 16.8 Å². The molecular weight excluding hydrogens is 302 g/mol. The minimum Gasteiger partial charge on any atom is -0.491 e. The Morgan fingerprint density at radius 2 is 2.04 bits per heavy atom. The first-order valence-corrected chi connectivity index (χ1v) is 7.44. The number of amides is 1. The second-order valence-electron chi connectivity index (χ2n) is 5.21. The van der Waals surface area contributed by atoms with Crippen LogP contribution in [-0.2, 0) is 14.3 Å². The first-order chi connectivity index (χ1) is 11.1. The highest BCUT2D eigenvalue weighted by Gasteiger charge is 2.26. The zero-order valence-corrected chi connectivity index (χ0v) is 13.1. The van der Waals surface area contributed by atoms with Gasteiger partial charge in [0.15, 0.2) is 0 Å². The van der Waals surface area contributed by atoms with E-state index in [-0.39, 0.29) is 18.9 Å². The van der Waals surface area contributed by atoms with E-state index in [0.29, 0.717) is 37.7 Å². The molecule has 0 spiro atoms. The normalized spacial score (nSPS) is 17.8. The molecule has 1 unspecified atom stereocenters. The summed E-state index contributed by atoms with van der Waals surface area (Å²) in [5.74, 6) is -0.390. The summed E-state index contributed by atoms with van der Waals surface area (Å²) in [6.07, 6.45) is -0.558. The summed E-state index contributed by atoms with van der Waals surface area (Å²) in [5.41, 5.74) is 0.542. The Hall–Kier alpha value is -2.12. The van der Waals surface area contributed by atoms with Crippen molar-refractivity contribution in [2.45, 2.75) is 12.5 Å². The van der Waals surface area contributed by atoms with E-state index in [0.717, 1.165) is 0 Å². The summed E-state index contributed by atoms with van der Waals surface area (Å²) in [7, 11) is 1.60. The predicted molar refractivity (Wildman–Crippen MR) is 81.7 cm³/mol. The average Bonchev–Trinajstić information content (AvgIpc) is 2.55. The molecule has 1 aliphatic heterocycles. The number of hydrogen-bond donors (Lipinski definition) is 1. The first kappa shape index (κ1) is 17.2. The molecule has 0 radical (unpaired) electrons. The molecular formula is C16H21NO6. The van der Waals surface area contributed by atoms with Crippen LogP contribution in [0, 0.1) is 0 Å². The number of ether oxygens (including phenoxy) is 3. The fourth-order valence-electron chi connectivity index (χ4n) is 2.34. The van der Waals surface area contributed by atoms with Gasteiger partial charge in [-0.15, -0.1) is 0 Å². The van der Waals surface area contributed by atoms with Crippen molar-refractivity contribution in [3.8, 4) is 5.75 Å². The van der Waals surface area contributed by atoms with E-state index >= 15 is 0 Å². The maximum Gasteiger partial charge on any atom is 0.306 e. The van der Waals surface area contributed by atoms with Crippen molar-refractivity contribution < 1.29 is 28.9 Å². The van der Waals surface area contributed by atoms with E-state index in [1.54, 1.807) is 36.3 Å². The number of nitrogens with zero attached hydrogens (tertiary/aromatic N) is 1. The Balaban J connectivity index is 1.92. The van der Waals surface area contributed by atoms with Gasteiger partial charge in [-0.25, -0.2) is 0 Å². The molecule has 0 bridgehead atoms. The fourth-order valence-corrected chi connectivity index (χ4v) is 2.34. The summed E-state index contributed by atoms with van der Waals surface area (Å²) >= 11 is 0. The van der Waals surface area contributed by atoms with Crippen molar-refractivity contribution in [2.75, 3.05) is 40.0 Å². The van der Waals surface area contributed by atoms with Crippen molar-refractivity contribution in [3.05, 3.63) is 29.8 Å². The van der Waals surface area contributed by atoms with Crippen molar-refractivity contribution in [2.24, 2.45) is 0 Å². The molecule has 0 aliphatic carbocycles. The molecule has 1 atom stereocenters. The van der Waals surface area contributed by atoms with Gasteiger partial charge in [0.05, 0.1) is 25.7 Å². The molecule has 23 heavy (non-hydrogen) atoms. The summed E-state index contributed by atoms with van der Waals surface area (Å²) < 4.78 is 15.7. The van der Waals surface area contributed by atoms with Gasteiger partial charge in [0, 0.05) is 25.8 Å². The van der Waals surface area contributed by atoms with Gasteiger partial charge in [-0.3, -0.25) is 9.59 Å². The lowest BCUT2D eigenvalue weighted by Crippen LogP contribution is -2.46. The van der Waals surface area contributed by atoms with Gasteiger partial charge in [0.1, 0.15) is 12.4 Å². The molecule has 1 aromatic carbocycles. The van der Waals surface area contributed by atoms with E-state index in [1.807, 2.05) is 0 Å². The Morgan fingerprint density at radius 3 is 2.70 bits per heavy atom. The molecule has 1 saturated heterocycles. The van der Waals surface area contributed by atoms with Gasteiger partial charge >= 0.3 is 5.97 Å². The molecule has 1 fully saturated rings. The van der Waals surface area contributed by atoms with Gasteiger partial charge in [-0.1, -0.05) is 0 Å². The Kier molecular flexibility index (Phi) is 6.37. The molecule has 1 heterocycles. The minimum absolute atomic E-state index is 0.101. The van der Waals surface area contributed by atoms with Gasteiger partial charge in [-0.2, -0.15) is 0 Å². The number of carbonyl (C=O) groups is 2. The number of carboxylic acids is 1. The predicted octanol–water partition coefficient (Wildman–Crippen LogP) is 1.03. The summed E-state index contributed by atoms with van der Waals surface area (Å²) in [5, 5.41) is 8.82. The second kappa shape index (κ2) is 8.50. The highest BCUT2D eigenvalue weighted by Crippen LogP contribution is 2.16. The van der Waals surface area contributed by atoms with Crippen LogP contribution in [-0.4, -0.2) is 68.0 Å². The molecule has 7 nitrogen and oxygen atoms in total. The fraction of sp³-hybridized carbons (Fsp3) is 0.500. The zero-order chi connectivity index (χ0) is 16.7. The largest absolute Gasteiger partial charge is 0.491 e. The van der Waals surface area contributed by atoms with E-state index in [1.165, 1.54) is 0 Å².